The summed E-state index contributed by atoms with van der Waals surface area (Å²) < 4.78 is 10.2. The van der Waals surface area contributed by atoms with Crippen molar-refractivity contribution >= 4 is 29.0 Å². The number of nitrogens with zero attached hydrogens (tertiary/aromatic N) is 4. The molecule has 132 valence electrons. The number of aliphatic imine (C=N–C) groups is 3. The van der Waals surface area contributed by atoms with E-state index in [0.29, 0.717) is 11.4 Å². The zero-order valence-electron chi connectivity index (χ0n) is 14.0. The van der Waals surface area contributed by atoms with Crippen molar-refractivity contribution < 1.29 is 19.4 Å². The van der Waals surface area contributed by atoms with Gasteiger partial charge in [0, 0.05) is 18.3 Å². The van der Waals surface area contributed by atoms with E-state index < -0.39 is 5.91 Å². The second-order valence-electron chi connectivity index (χ2n) is 5.11. The van der Waals surface area contributed by atoms with Gasteiger partial charge in [0.1, 0.15) is 5.69 Å². The molecule has 3 N–H and O–H groups in total. The summed E-state index contributed by atoms with van der Waals surface area (Å²) in [5.74, 6) is -0.340. The molecule has 0 radical (unpaired) electrons. The number of amides is 1. The third-order valence-corrected chi connectivity index (χ3v) is 3.47. The number of carbonyl (C=O) groups excluding carboxylic acids is 1. The van der Waals surface area contributed by atoms with Crippen LogP contribution in [0.2, 0.25) is 0 Å². The highest BCUT2D eigenvalue weighted by Crippen LogP contribution is 2.40. The number of carbonyl (C=O) groups is 1. The standard InChI is InChI=1S/C17H15N5O4/c1-25-11-7-9(8-12(26-2)14(11)23)20-17-13(15(18)24)21-16(22-17)10-5-3-4-6-19-10/h3-8,23H,1-2H3,(H2,18,24). The number of nitrogens with two attached hydrogens (primary N) is 1. The van der Waals surface area contributed by atoms with Crippen molar-refractivity contribution in [2.24, 2.45) is 20.7 Å². The van der Waals surface area contributed by atoms with E-state index in [-0.39, 0.29) is 34.6 Å². The molecule has 1 aliphatic rings. The summed E-state index contributed by atoms with van der Waals surface area (Å²) in [6.07, 6.45) is 1.59. The molecule has 0 saturated heterocycles. The quantitative estimate of drug-likeness (QED) is 0.834. The zero-order valence-corrected chi connectivity index (χ0v) is 14.0. The second-order valence-corrected chi connectivity index (χ2v) is 5.11. The molecule has 9 heteroatoms. The summed E-state index contributed by atoms with van der Waals surface area (Å²) in [6.45, 7) is 0. The van der Waals surface area contributed by atoms with Crippen molar-refractivity contribution in [3.63, 3.8) is 0 Å². The van der Waals surface area contributed by atoms with Gasteiger partial charge in [0.05, 0.1) is 19.9 Å². The molecule has 1 aromatic heterocycles. The summed E-state index contributed by atoms with van der Waals surface area (Å²) in [4.78, 5) is 28.5. The van der Waals surface area contributed by atoms with Gasteiger partial charge in [0.2, 0.25) is 5.75 Å². The SMILES string of the molecule is COc1cc(N=C2N=C(c3ccccn3)N=C2C(N)=O)cc(OC)c1O. The summed E-state index contributed by atoms with van der Waals surface area (Å²) in [7, 11) is 2.79. The van der Waals surface area contributed by atoms with Crippen LogP contribution in [0.3, 0.4) is 0 Å². The van der Waals surface area contributed by atoms with Crippen LogP contribution >= 0.6 is 0 Å². The summed E-state index contributed by atoms with van der Waals surface area (Å²) in [5, 5.41) is 9.97. The maximum Gasteiger partial charge on any atom is 0.271 e. The molecule has 2 aromatic rings. The minimum Gasteiger partial charge on any atom is -0.502 e. The van der Waals surface area contributed by atoms with Gasteiger partial charge in [-0.1, -0.05) is 6.07 Å². The molecular weight excluding hydrogens is 338 g/mol. The molecule has 0 fully saturated rings. The number of amidine groups is 2. The fourth-order valence-corrected chi connectivity index (χ4v) is 2.25. The predicted molar refractivity (Wildman–Crippen MR) is 95.7 cm³/mol. The van der Waals surface area contributed by atoms with E-state index in [1.54, 1.807) is 24.4 Å². The molecular formula is C17H15N5O4. The Morgan fingerprint density at radius 3 is 2.38 bits per heavy atom. The number of benzene rings is 1. The Morgan fingerprint density at radius 1 is 1.15 bits per heavy atom. The molecule has 0 saturated carbocycles. The van der Waals surface area contributed by atoms with Crippen LogP contribution in [0.5, 0.6) is 17.2 Å². The lowest BCUT2D eigenvalue weighted by Gasteiger charge is -2.09. The van der Waals surface area contributed by atoms with Gasteiger partial charge in [0.15, 0.2) is 28.9 Å². The lowest BCUT2D eigenvalue weighted by Crippen LogP contribution is -2.27. The maximum atomic E-state index is 11.7. The number of pyridine rings is 1. The number of phenolic OH excluding ortho intramolecular Hbond substituents is 1. The van der Waals surface area contributed by atoms with Gasteiger partial charge in [0.25, 0.3) is 5.91 Å². The van der Waals surface area contributed by atoms with Crippen LogP contribution < -0.4 is 15.2 Å². The van der Waals surface area contributed by atoms with Gasteiger partial charge in [-0.25, -0.2) is 15.0 Å². The van der Waals surface area contributed by atoms with Gasteiger partial charge in [-0.15, -0.1) is 0 Å². The molecule has 1 amide bonds. The van der Waals surface area contributed by atoms with E-state index >= 15 is 0 Å². The van der Waals surface area contributed by atoms with Crippen LogP contribution in [-0.2, 0) is 4.79 Å². The molecule has 2 heterocycles. The number of hydrogen-bond acceptors (Lipinski definition) is 7. The van der Waals surface area contributed by atoms with Crippen LogP contribution in [0.25, 0.3) is 0 Å². The average molecular weight is 353 g/mol. The number of primary amides is 1. The molecule has 0 spiro atoms. The Bertz CT molecular complexity index is 926. The third-order valence-electron chi connectivity index (χ3n) is 3.47. The Hall–Kier alpha value is -3.75. The first-order chi connectivity index (χ1) is 12.5. The number of aromatic hydroxyl groups is 1. The maximum absolute atomic E-state index is 11.7. The van der Waals surface area contributed by atoms with Crippen molar-refractivity contribution in [1.29, 1.82) is 0 Å². The topological polar surface area (TPSA) is 132 Å². The molecule has 0 aliphatic carbocycles. The van der Waals surface area contributed by atoms with Gasteiger partial charge in [-0.3, -0.25) is 9.78 Å². The molecule has 1 aromatic carbocycles. The van der Waals surface area contributed by atoms with Gasteiger partial charge >= 0.3 is 0 Å². The van der Waals surface area contributed by atoms with Crippen LogP contribution in [0.4, 0.5) is 5.69 Å². The normalized spacial score (nSPS) is 14.8. The largest absolute Gasteiger partial charge is 0.502 e. The van der Waals surface area contributed by atoms with Crippen molar-refractivity contribution in [2.75, 3.05) is 14.2 Å². The smallest absolute Gasteiger partial charge is 0.271 e. The Kier molecular flexibility index (Phi) is 4.61. The fourth-order valence-electron chi connectivity index (χ4n) is 2.25. The number of phenols is 1. The Labute approximate surface area is 148 Å². The molecule has 0 bridgehead atoms. The average Bonchev–Trinajstić information content (AvgIpc) is 3.07. The first kappa shape index (κ1) is 17.1. The van der Waals surface area contributed by atoms with Crippen LogP contribution in [-0.4, -0.2) is 47.6 Å². The van der Waals surface area contributed by atoms with E-state index in [4.69, 9.17) is 15.2 Å². The number of hydrogen-bond donors (Lipinski definition) is 2. The van der Waals surface area contributed by atoms with Crippen LogP contribution in [0.15, 0.2) is 51.5 Å². The predicted octanol–water partition coefficient (Wildman–Crippen LogP) is 1.22. The number of aromatic nitrogens is 1. The summed E-state index contributed by atoms with van der Waals surface area (Å²) in [5.41, 5.74) is 6.12. The highest BCUT2D eigenvalue weighted by Gasteiger charge is 2.24. The number of rotatable bonds is 5. The van der Waals surface area contributed by atoms with Crippen LogP contribution in [0.1, 0.15) is 5.69 Å². The molecule has 3 rings (SSSR count). The fraction of sp³-hybridized carbons (Fsp3) is 0.118. The first-order valence-electron chi connectivity index (χ1n) is 7.46. The Balaban J connectivity index is 2.08. The summed E-state index contributed by atoms with van der Waals surface area (Å²) in [6, 6.07) is 8.17. The Morgan fingerprint density at radius 2 is 1.85 bits per heavy atom. The van der Waals surface area contributed by atoms with E-state index in [9.17, 15) is 9.90 Å². The number of ether oxygens (including phenoxy) is 2. The first-order valence-corrected chi connectivity index (χ1v) is 7.46. The second kappa shape index (κ2) is 7.01. The zero-order chi connectivity index (χ0) is 18.7. The molecule has 9 nitrogen and oxygen atoms in total. The summed E-state index contributed by atoms with van der Waals surface area (Å²) >= 11 is 0. The van der Waals surface area contributed by atoms with E-state index in [2.05, 4.69) is 20.0 Å². The highest BCUT2D eigenvalue weighted by molar-refractivity contribution is 6.70. The minimum atomic E-state index is -0.767. The third kappa shape index (κ3) is 3.22. The highest BCUT2D eigenvalue weighted by atomic mass is 16.5. The lowest BCUT2D eigenvalue weighted by atomic mass is 10.2. The molecule has 26 heavy (non-hydrogen) atoms. The van der Waals surface area contributed by atoms with Crippen molar-refractivity contribution in [3.05, 3.63) is 42.2 Å². The molecule has 0 atom stereocenters. The van der Waals surface area contributed by atoms with Gasteiger partial charge in [-0.2, -0.15) is 0 Å². The van der Waals surface area contributed by atoms with Crippen molar-refractivity contribution in [2.45, 2.75) is 0 Å². The number of methoxy groups -OCH3 is 2. The van der Waals surface area contributed by atoms with E-state index in [1.165, 1.54) is 26.4 Å². The van der Waals surface area contributed by atoms with Gasteiger partial charge in [-0.05, 0) is 12.1 Å². The molecule has 1 aliphatic heterocycles. The van der Waals surface area contributed by atoms with E-state index in [0.717, 1.165) is 0 Å². The monoisotopic (exact) mass is 353 g/mol. The lowest BCUT2D eigenvalue weighted by molar-refractivity contribution is -0.111. The minimum absolute atomic E-state index is 0.0351. The van der Waals surface area contributed by atoms with Crippen molar-refractivity contribution in [3.8, 4) is 17.2 Å². The van der Waals surface area contributed by atoms with Crippen molar-refractivity contribution in [1.82, 2.24) is 4.98 Å². The molecule has 0 unspecified atom stereocenters. The van der Waals surface area contributed by atoms with Crippen LogP contribution in [0, 0.1) is 0 Å². The van der Waals surface area contributed by atoms with Gasteiger partial charge < -0.3 is 20.3 Å². The van der Waals surface area contributed by atoms with E-state index in [1.807, 2.05) is 0 Å².